The predicted molar refractivity (Wildman–Crippen MR) is 101 cm³/mol. The van der Waals surface area contributed by atoms with Crippen LogP contribution in [-0.2, 0) is 6.42 Å². The molecule has 0 saturated carbocycles. The van der Waals surface area contributed by atoms with Crippen molar-refractivity contribution in [1.29, 1.82) is 0 Å². The maximum Gasteiger partial charge on any atom is 0.121 e. The first kappa shape index (κ1) is 17.5. The van der Waals surface area contributed by atoms with Crippen molar-refractivity contribution in [3.8, 4) is 5.75 Å². The zero-order chi connectivity index (χ0) is 16.8. The molecule has 0 N–H and O–H groups in total. The normalized spacial score (nSPS) is 11.0. The summed E-state index contributed by atoms with van der Waals surface area (Å²) < 4.78 is 6.54. The van der Waals surface area contributed by atoms with E-state index in [2.05, 4.69) is 65.1 Å². The number of halogens is 1. The van der Waals surface area contributed by atoms with Crippen LogP contribution in [0.4, 0.5) is 5.69 Å². The molecule has 0 bridgehead atoms. The fraction of sp³-hybridized carbons (Fsp3) is 0.316. The molecule has 0 amide bonds. The SMILES string of the molecule is CCN(C)/C=N\c1cc(OC)cc(Cc2ccc(Br)cc2)c1C. The molecule has 23 heavy (non-hydrogen) atoms. The largest absolute Gasteiger partial charge is 0.497 e. The van der Waals surface area contributed by atoms with E-state index in [1.165, 1.54) is 16.7 Å². The molecule has 0 saturated heterocycles. The molecule has 0 heterocycles. The molecular weight excluding hydrogens is 352 g/mol. The Bertz CT molecular complexity index is 681. The molecule has 0 aliphatic rings. The highest BCUT2D eigenvalue weighted by atomic mass is 79.9. The summed E-state index contributed by atoms with van der Waals surface area (Å²) >= 11 is 3.48. The van der Waals surface area contributed by atoms with Crippen LogP contribution in [0.25, 0.3) is 0 Å². The maximum atomic E-state index is 5.45. The first-order valence-corrected chi connectivity index (χ1v) is 8.49. The van der Waals surface area contributed by atoms with Gasteiger partial charge in [-0.1, -0.05) is 28.1 Å². The molecular formula is C19H23BrN2O. The van der Waals surface area contributed by atoms with Crippen molar-refractivity contribution in [3.05, 3.63) is 57.6 Å². The van der Waals surface area contributed by atoms with E-state index in [4.69, 9.17) is 4.74 Å². The first-order valence-electron chi connectivity index (χ1n) is 7.70. The maximum absolute atomic E-state index is 5.45. The number of ether oxygens (including phenoxy) is 1. The Balaban J connectivity index is 2.34. The molecule has 0 fully saturated rings. The summed E-state index contributed by atoms with van der Waals surface area (Å²) in [5.41, 5.74) is 4.65. The monoisotopic (exact) mass is 374 g/mol. The molecule has 0 spiro atoms. The second-order valence-electron chi connectivity index (χ2n) is 5.55. The van der Waals surface area contributed by atoms with Gasteiger partial charge >= 0.3 is 0 Å². The lowest BCUT2D eigenvalue weighted by Crippen LogP contribution is -2.14. The van der Waals surface area contributed by atoms with Crippen LogP contribution in [0.15, 0.2) is 45.9 Å². The predicted octanol–water partition coefficient (Wildman–Crippen LogP) is 4.97. The molecule has 3 nitrogen and oxygen atoms in total. The number of benzene rings is 2. The van der Waals surface area contributed by atoms with Crippen molar-refractivity contribution in [2.24, 2.45) is 4.99 Å². The molecule has 0 atom stereocenters. The third kappa shape index (κ3) is 4.83. The smallest absolute Gasteiger partial charge is 0.121 e. The van der Waals surface area contributed by atoms with Gasteiger partial charge in [-0.3, -0.25) is 0 Å². The van der Waals surface area contributed by atoms with Gasteiger partial charge in [-0.05, 0) is 55.2 Å². The van der Waals surface area contributed by atoms with Crippen LogP contribution in [-0.4, -0.2) is 31.9 Å². The minimum Gasteiger partial charge on any atom is -0.497 e. The summed E-state index contributed by atoms with van der Waals surface area (Å²) in [6, 6.07) is 12.5. The van der Waals surface area contributed by atoms with Crippen LogP contribution in [0, 0.1) is 6.92 Å². The third-order valence-corrected chi connectivity index (χ3v) is 4.43. The Morgan fingerprint density at radius 2 is 1.91 bits per heavy atom. The number of methoxy groups -OCH3 is 1. The number of nitrogens with zero attached hydrogens (tertiary/aromatic N) is 2. The van der Waals surface area contributed by atoms with Gasteiger partial charge in [-0.2, -0.15) is 0 Å². The van der Waals surface area contributed by atoms with Crippen molar-refractivity contribution in [2.45, 2.75) is 20.3 Å². The quantitative estimate of drug-likeness (QED) is 0.526. The average molecular weight is 375 g/mol. The van der Waals surface area contributed by atoms with Gasteiger partial charge in [0.2, 0.25) is 0 Å². The molecule has 0 aliphatic carbocycles. The summed E-state index contributed by atoms with van der Waals surface area (Å²) in [6.45, 7) is 5.15. The van der Waals surface area contributed by atoms with Crippen LogP contribution in [0.2, 0.25) is 0 Å². The Morgan fingerprint density at radius 1 is 1.22 bits per heavy atom. The van der Waals surface area contributed by atoms with E-state index < -0.39 is 0 Å². The molecule has 0 radical (unpaired) electrons. The van der Waals surface area contributed by atoms with Crippen LogP contribution >= 0.6 is 15.9 Å². The lowest BCUT2D eigenvalue weighted by molar-refractivity contribution is 0.414. The highest BCUT2D eigenvalue weighted by molar-refractivity contribution is 9.10. The van der Waals surface area contributed by atoms with E-state index in [1.807, 2.05) is 24.4 Å². The zero-order valence-electron chi connectivity index (χ0n) is 14.1. The summed E-state index contributed by atoms with van der Waals surface area (Å²) in [5.74, 6) is 0.842. The second kappa shape index (κ2) is 8.16. The van der Waals surface area contributed by atoms with Gasteiger partial charge < -0.3 is 9.64 Å². The Morgan fingerprint density at radius 3 is 2.52 bits per heavy atom. The molecule has 2 rings (SSSR count). The van der Waals surface area contributed by atoms with E-state index in [-0.39, 0.29) is 0 Å². The lowest BCUT2D eigenvalue weighted by Gasteiger charge is -2.13. The van der Waals surface area contributed by atoms with E-state index in [0.29, 0.717) is 0 Å². The molecule has 0 aromatic heterocycles. The van der Waals surface area contributed by atoms with Gasteiger partial charge in [0.25, 0.3) is 0 Å². The fourth-order valence-corrected chi connectivity index (χ4v) is 2.49. The van der Waals surface area contributed by atoms with Crippen molar-refractivity contribution in [3.63, 3.8) is 0 Å². The van der Waals surface area contributed by atoms with Crippen LogP contribution in [0.5, 0.6) is 5.75 Å². The Hall–Kier alpha value is -1.81. The first-order chi connectivity index (χ1) is 11.0. The topological polar surface area (TPSA) is 24.8 Å². The van der Waals surface area contributed by atoms with E-state index in [1.54, 1.807) is 7.11 Å². The number of rotatable bonds is 6. The molecule has 0 aliphatic heterocycles. The number of aliphatic imine (C=N–C) groups is 1. The summed E-state index contributed by atoms with van der Waals surface area (Å²) in [5, 5.41) is 0. The number of hydrogen-bond acceptors (Lipinski definition) is 2. The Kier molecular flexibility index (Phi) is 6.22. The van der Waals surface area contributed by atoms with Crippen LogP contribution in [0.3, 0.4) is 0 Å². The zero-order valence-corrected chi connectivity index (χ0v) is 15.7. The van der Waals surface area contributed by atoms with Crippen LogP contribution < -0.4 is 4.74 Å². The van der Waals surface area contributed by atoms with Gasteiger partial charge in [0.15, 0.2) is 0 Å². The molecule has 0 unspecified atom stereocenters. The van der Waals surface area contributed by atoms with Gasteiger partial charge in [-0.25, -0.2) is 4.99 Å². The van der Waals surface area contributed by atoms with E-state index >= 15 is 0 Å². The molecule has 122 valence electrons. The highest BCUT2D eigenvalue weighted by Crippen LogP contribution is 2.30. The molecule has 2 aromatic rings. The second-order valence-corrected chi connectivity index (χ2v) is 6.47. The average Bonchev–Trinajstić information content (AvgIpc) is 2.57. The van der Waals surface area contributed by atoms with Crippen molar-refractivity contribution in [1.82, 2.24) is 4.90 Å². The lowest BCUT2D eigenvalue weighted by atomic mass is 9.99. The summed E-state index contributed by atoms with van der Waals surface area (Å²) in [6.07, 6.45) is 2.73. The van der Waals surface area contributed by atoms with Gasteiger partial charge in [0.05, 0.1) is 19.1 Å². The van der Waals surface area contributed by atoms with Crippen molar-refractivity contribution >= 4 is 28.0 Å². The third-order valence-electron chi connectivity index (χ3n) is 3.90. The van der Waals surface area contributed by atoms with Crippen molar-refractivity contribution < 1.29 is 4.74 Å². The number of hydrogen-bond donors (Lipinski definition) is 0. The van der Waals surface area contributed by atoms with E-state index in [9.17, 15) is 0 Å². The van der Waals surface area contributed by atoms with Crippen molar-refractivity contribution in [2.75, 3.05) is 20.7 Å². The fourth-order valence-electron chi connectivity index (χ4n) is 2.23. The summed E-state index contributed by atoms with van der Waals surface area (Å²) in [7, 11) is 3.71. The van der Waals surface area contributed by atoms with Crippen LogP contribution in [0.1, 0.15) is 23.6 Å². The van der Waals surface area contributed by atoms with Gasteiger partial charge in [0.1, 0.15) is 5.75 Å². The Labute approximate surface area is 147 Å². The highest BCUT2D eigenvalue weighted by Gasteiger charge is 2.08. The minimum atomic E-state index is 0.842. The molecule has 2 aromatic carbocycles. The van der Waals surface area contributed by atoms with Gasteiger partial charge in [-0.15, -0.1) is 0 Å². The van der Waals surface area contributed by atoms with Gasteiger partial charge in [0, 0.05) is 24.1 Å². The minimum absolute atomic E-state index is 0.842. The molecule has 4 heteroatoms. The standard InChI is InChI=1S/C19H23BrN2O/c1-5-22(3)13-21-19-12-18(23-4)11-16(14(19)2)10-15-6-8-17(20)9-7-15/h6-9,11-13H,5,10H2,1-4H3/b21-13-. The van der Waals surface area contributed by atoms with E-state index in [0.717, 1.165) is 28.9 Å². The summed E-state index contributed by atoms with van der Waals surface area (Å²) in [4.78, 5) is 6.66.